The van der Waals surface area contributed by atoms with E-state index in [2.05, 4.69) is 10.3 Å². The number of nitrogens with one attached hydrogen (secondary N) is 1. The second-order valence-corrected chi connectivity index (χ2v) is 4.72. The Labute approximate surface area is 114 Å². The number of isocyanates is 1. The molecule has 6 heteroatoms. The predicted octanol–water partition coefficient (Wildman–Crippen LogP) is 1.74. The van der Waals surface area contributed by atoms with E-state index in [0.717, 1.165) is 6.07 Å². The molecule has 0 saturated carbocycles. The summed E-state index contributed by atoms with van der Waals surface area (Å²) in [5.41, 5.74) is 1.10. The van der Waals surface area contributed by atoms with Crippen LogP contribution in [0.3, 0.4) is 0 Å². The highest BCUT2D eigenvalue weighted by Gasteiger charge is 2.32. The minimum atomic E-state index is -0.662. The molecule has 1 aromatic carbocycles. The molecular weight excluding hydrogens is 263 g/mol. The van der Waals surface area contributed by atoms with Gasteiger partial charge in [-0.05, 0) is 30.9 Å². The van der Waals surface area contributed by atoms with E-state index in [4.69, 9.17) is 0 Å². The van der Waals surface area contributed by atoms with Gasteiger partial charge < -0.3 is 5.32 Å². The molecule has 1 aliphatic carbocycles. The van der Waals surface area contributed by atoms with E-state index in [1.807, 2.05) is 0 Å². The van der Waals surface area contributed by atoms with Crippen LogP contribution in [0, 0.1) is 12.7 Å². The van der Waals surface area contributed by atoms with Crippen LogP contribution in [0.15, 0.2) is 11.1 Å². The summed E-state index contributed by atoms with van der Waals surface area (Å²) in [6.45, 7) is 2.90. The maximum atomic E-state index is 13.8. The highest BCUT2D eigenvalue weighted by atomic mass is 19.1. The normalized spacial score (nSPS) is 17.1. The number of Topliss-reactive ketones (excluding diaryl/α,β-unsaturated/α-hetero) is 1. The Morgan fingerprint density at radius 3 is 2.85 bits per heavy atom. The van der Waals surface area contributed by atoms with Crippen molar-refractivity contribution in [3.8, 4) is 0 Å². The Hall–Kier alpha value is -2.33. The summed E-state index contributed by atoms with van der Waals surface area (Å²) >= 11 is 0. The molecule has 104 valence electrons. The number of halogens is 1. The van der Waals surface area contributed by atoms with Gasteiger partial charge in [-0.3, -0.25) is 9.59 Å². The Morgan fingerprint density at radius 2 is 2.25 bits per heavy atom. The molecule has 1 aromatic rings. The number of nitrogens with zero attached hydrogens (tertiary/aromatic N) is 1. The Bertz CT molecular complexity index is 648. The number of carbonyl (C=O) groups is 2. The van der Waals surface area contributed by atoms with Gasteiger partial charge in [0.05, 0.1) is 17.3 Å². The van der Waals surface area contributed by atoms with E-state index in [-0.39, 0.29) is 22.9 Å². The van der Waals surface area contributed by atoms with Gasteiger partial charge in [-0.15, -0.1) is 0 Å². The van der Waals surface area contributed by atoms with Crippen LogP contribution in [0.25, 0.3) is 0 Å². The maximum absolute atomic E-state index is 13.8. The number of hydrogen-bond donors (Lipinski definition) is 1. The van der Waals surface area contributed by atoms with Crippen molar-refractivity contribution >= 4 is 23.5 Å². The lowest BCUT2D eigenvalue weighted by Crippen LogP contribution is -2.42. The molecule has 0 radical (unpaired) electrons. The lowest BCUT2D eigenvalue weighted by molar-refractivity contribution is -0.119. The molecule has 20 heavy (non-hydrogen) atoms. The molecule has 0 aliphatic heterocycles. The molecule has 5 nitrogen and oxygen atoms in total. The first-order valence-corrected chi connectivity index (χ1v) is 6.17. The van der Waals surface area contributed by atoms with E-state index in [1.54, 1.807) is 6.92 Å². The number of hydrogen-bond acceptors (Lipinski definition) is 4. The molecule has 0 aromatic heterocycles. The molecule has 0 heterocycles. The Balaban J connectivity index is 2.58. The van der Waals surface area contributed by atoms with Crippen LogP contribution in [-0.4, -0.2) is 23.8 Å². The van der Waals surface area contributed by atoms with E-state index < -0.39 is 11.9 Å². The molecule has 1 N–H and O–H groups in total. The Kier molecular flexibility index (Phi) is 3.77. The molecule has 1 atom stereocenters. The standard InChI is InChI=1S/C14H13FN2O3/c1-7-9-3-4-11(17-8(2)19)14(20)13(9)12(16-6-18)5-10(7)15/h5,11H,3-4H2,1-2H3,(H,17,19). The smallest absolute Gasteiger partial charge is 0.240 e. The molecule has 1 amide bonds. The zero-order valence-electron chi connectivity index (χ0n) is 11.1. The van der Waals surface area contributed by atoms with Crippen molar-refractivity contribution in [1.29, 1.82) is 0 Å². The summed E-state index contributed by atoms with van der Waals surface area (Å²) < 4.78 is 13.8. The van der Waals surface area contributed by atoms with E-state index >= 15 is 0 Å². The van der Waals surface area contributed by atoms with Crippen LogP contribution < -0.4 is 5.32 Å². The maximum Gasteiger partial charge on any atom is 0.240 e. The zero-order chi connectivity index (χ0) is 14.9. The summed E-state index contributed by atoms with van der Waals surface area (Å²) in [7, 11) is 0. The quantitative estimate of drug-likeness (QED) is 0.660. The predicted molar refractivity (Wildman–Crippen MR) is 69.2 cm³/mol. The number of benzene rings is 1. The van der Waals surface area contributed by atoms with Gasteiger partial charge in [0.15, 0.2) is 5.78 Å². The van der Waals surface area contributed by atoms with Gasteiger partial charge in [0, 0.05) is 13.0 Å². The van der Waals surface area contributed by atoms with E-state index in [0.29, 0.717) is 24.0 Å². The number of ketones is 1. The lowest BCUT2D eigenvalue weighted by atomic mass is 9.83. The molecule has 2 rings (SSSR count). The molecule has 0 fully saturated rings. The first-order valence-electron chi connectivity index (χ1n) is 6.17. The summed E-state index contributed by atoms with van der Waals surface area (Å²) in [6, 6.07) is 0.387. The fourth-order valence-electron chi connectivity index (χ4n) is 2.49. The van der Waals surface area contributed by atoms with E-state index in [9.17, 15) is 18.8 Å². The van der Waals surface area contributed by atoms with Gasteiger partial charge in [0.2, 0.25) is 12.0 Å². The van der Waals surface area contributed by atoms with Crippen molar-refractivity contribution in [3.05, 3.63) is 28.6 Å². The lowest BCUT2D eigenvalue weighted by Gasteiger charge is -2.26. The van der Waals surface area contributed by atoms with Gasteiger partial charge in [-0.25, -0.2) is 9.18 Å². The van der Waals surface area contributed by atoms with Crippen LogP contribution in [-0.2, 0) is 16.0 Å². The highest BCUT2D eigenvalue weighted by molar-refractivity contribution is 6.08. The third-order valence-electron chi connectivity index (χ3n) is 3.42. The summed E-state index contributed by atoms with van der Waals surface area (Å²) in [5.74, 6) is -1.17. The van der Waals surface area contributed by atoms with Crippen LogP contribution in [0.5, 0.6) is 0 Å². The van der Waals surface area contributed by atoms with Crippen LogP contribution >= 0.6 is 0 Å². The molecule has 1 unspecified atom stereocenters. The van der Waals surface area contributed by atoms with Gasteiger partial charge in [0.1, 0.15) is 5.82 Å². The third kappa shape index (κ3) is 2.38. The third-order valence-corrected chi connectivity index (χ3v) is 3.42. The minimum Gasteiger partial charge on any atom is -0.346 e. The topological polar surface area (TPSA) is 75.6 Å². The van der Waals surface area contributed by atoms with Gasteiger partial charge in [0.25, 0.3) is 0 Å². The van der Waals surface area contributed by atoms with Gasteiger partial charge in [-0.2, -0.15) is 4.99 Å². The number of fused-ring (bicyclic) bond motifs is 1. The first kappa shape index (κ1) is 14.1. The van der Waals surface area contributed by atoms with Crippen molar-refractivity contribution in [1.82, 2.24) is 5.32 Å². The molecule has 1 aliphatic rings. The summed E-state index contributed by atoms with van der Waals surface area (Å²) in [5, 5.41) is 2.55. The molecule has 0 spiro atoms. The van der Waals surface area contributed by atoms with Crippen molar-refractivity contribution in [2.24, 2.45) is 4.99 Å². The first-order chi connectivity index (χ1) is 9.45. The fourth-order valence-corrected chi connectivity index (χ4v) is 2.49. The van der Waals surface area contributed by atoms with Crippen molar-refractivity contribution in [2.45, 2.75) is 32.7 Å². The molecular formula is C14H13FN2O3. The van der Waals surface area contributed by atoms with Crippen LogP contribution in [0.2, 0.25) is 0 Å². The molecule has 0 bridgehead atoms. The molecule has 0 saturated heterocycles. The second kappa shape index (κ2) is 5.35. The summed E-state index contributed by atoms with van der Waals surface area (Å²) in [4.78, 5) is 37.3. The average Bonchev–Trinajstić information content (AvgIpc) is 2.38. The average molecular weight is 276 g/mol. The van der Waals surface area contributed by atoms with E-state index in [1.165, 1.54) is 13.0 Å². The largest absolute Gasteiger partial charge is 0.346 e. The number of rotatable bonds is 2. The number of carbonyl (C=O) groups excluding carboxylic acids is 3. The summed E-state index contributed by atoms with van der Waals surface area (Å²) in [6.07, 6.45) is 2.17. The zero-order valence-corrected chi connectivity index (χ0v) is 11.1. The van der Waals surface area contributed by atoms with Crippen LogP contribution in [0.1, 0.15) is 34.8 Å². The number of aliphatic imine (C=N–C) groups is 1. The van der Waals surface area contributed by atoms with Crippen molar-refractivity contribution < 1.29 is 18.8 Å². The van der Waals surface area contributed by atoms with Crippen molar-refractivity contribution in [3.63, 3.8) is 0 Å². The highest BCUT2D eigenvalue weighted by Crippen LogP contribution is 2.33. The number of amides is 1. The second-order valence-electron chi connectivity index (χ2n) is 4.72. The minimum absolute atomic E-state index is 0.0295. The van der Waals surface area contributed by atoms with Crippen molar-refractivity contribution in [2.75, 3.05) is 0 Å². The van der Waals surface area contributed by atoms with Gasteiger partial charge in [-0.1, -0.05) is 0 Å². The fraction of sp³-hybridized carbons (Fsp3) is 0.357. The monoisotopic (exact) mass is 276 g/mol. The van der Waals surface area contributed by atoms with Gasteiger partial charge >= 0.3 is 0 Å². The SMILES string of the molecule is CC(=O)NC1CCc2c(C)c(F)cc(N=C=O)c2C1=O. The Morgan fingerprint density at radius 1 is 1.55 bits per heavy atom. The van der Waals surface area contributed by atoms with Crippen LogP contribution in [0.4, 0.5) is 10.1 Å².